The molecule has 0 fully saturated rings. The number of hydrogen-bond acceptors (Lipinski definition) is 3. The zero-order valence-corrected chi connectivity index (χ0v) is 13.1. The molecule has 0 aromatic heterocycles. The number of aliphatic hydroxyl groups is 1. The minimum atomic E-state index is -0.511. The highest BCUT2D eigenvalue weighted by Gasteiger charge is 2.13. The Kier molecular flexibility index (Phi) is 8.31. The SMILES string of the molecule is CCCCCCNCC(O)c1cc(C)ccc1OCC. The predicted molar refractivity (Wildman–Crippen MR) is 84.3 cm³/mol. The van der Waals surface area contributed by atoms with Crippen LogP contribution < -0.4 is 10.1 Å². The number of benzene rings is 1. The van der Waals surface area contributed by atoms with Gasteiger partial charge >= 0.3 is 0 Å². The Morgan fingerprint density at radius 2 is 2.00 bits per heavy atom. The van der Waals surface area contributed by atoms with Crippen LogP contribution in [-0.4, -0.2) is 24.8 Å². The Morgan fingerprint density at radius 3 is 2.70 bits per heavy atom. The van der Waals surface area contributed by atoms with Gasteiger partial charge in [-0.2, -0.15) is 0 Å². The lowest BCUT2D eigenvalue weighted by Crippen LogP contribution is -2.23. The van der Waals surface area contributed by atoms with Crippen LogP contribution in [0.1, 0.15) is 56.8 Å². The summed E-state index contributed by atoms with van der Waals surface area (Å²) in [5.74, 6) is 0.790. The van der Waals surface area contributed by atoms with E-state index in [-0.39, 0.29) is 0 Å². The molecule has 0 heterocycles. The van der Waals surface area contributed by atoms with E-state index in [1.165, 1.54) is 25.7 Å². The highest BCUT2D eigenvalue weighted by atomic mass is 16.5. The molecule has 0 saturated carbocycles. The van der Waals surface area contributed by atoms with E-state index in [2.05, 4.69) is 12.2 Å². The maximum Gasteiger partial charge on any atom is 0.125 e. The van der Waals surface area contributed by atoms with Gasteiger partial charge in [0.15, 0.2) is 0 Å². The van der Waals surface area contributed by atoms with E-state index in [1.807, 2.05) is 32.0 Å². The lowest BCUT2D eigenvalue weighted by atomic mass is 10.0. The van der Waals surface area contributed by atoms with Crippen LogP contribution in [0.3, 0.4) is 0 Å². The second kappa shape index (κ2) is 9.78. The molecule has 114 valence electrons. The summed E-state index contributed by atoms with van der Waals surface area (Å²) in [7, 11) is 0. The van der Waals surface area contributed by atoms with Crippen molar-refractivity contribution in [3.63, 3.8) is 0 Å². The summed E-state index contributed by atoms with van der Waals surface area (Å²) < 4.78 is 5.58. The second-order valence-electron chi connectivity index (χ2n) is 5.25. The van der Waals surface area contributed by atoms with Crippen LogP contribution in [-0.2, 0) is 0 Å². The molecule has 0 spiro atoms. The number of rotatable bonds is 10. The molecule has 2 N–H and O–H groups in total. The fourth-order valence-electron chi connectivity index (χ4n) is 2.24. The number of nitrogens with one attached hydrogen (secondary N) is 1. The average Bonchev–Trinajstić information content (AvgIpc) is 2.44. The fourth-order valence-corrected chi connectivity index (χ4v) is 2.24. The van der Waals surface area contributed by atoms with E-state index in [9.17, 15) is 5.11 Å². The van der Waals surface area contributed by atoms with E-state index in [0.717, 1.165) is 23.4 Å². The van der Waals surface area contributed by atoms with Crippen molar-refractivity contribution in [1.82, 2.24) is 5.32 Å². The molecule has 0 aliphatic carbocycles. The van der Waals surface area contributed by atoms with Gasteiger partial charge in [-0.05, 0) is 38.9 Å². The van der Waals surface area contributed by atoms with E-state index >= 15 is 0 Å². The van der Waals surface area contributed by atoms with Crippen LogP contribution >= 0.6 is 0 Å². The summed E-state index contributed by atoms with van der Waals surface area (Å²) in [6, 6.07) is 5.96. The first kappa shape index (κ1) is 17.0. The largest absolute Gasteiger partial charge is 0.493 e. The lowest BCUT2D eigenvalue weighted by molar-refractivity contribution is 0.169. The number of aryl methyl sites for hydroxylation is 1. The molecule has 3 nitrogen and oxygen atoms in total. The van der Waals surface area contributed by atoms with Gasteiger partial charge in [0.1, 0.15) is 5.75 Å². The van der Waals surface area contributed by atoms with Gasteiger partial charge in [-0.25, -0.2) is 0 Å². The maximum atomic E-state index is 10.3. The van der Waals surface area contributed by atoms with Crippen molar-refractivity contribution in [2.75, 3.05) is 19.7 Å². The third-order valence-electron chi connectivity index (χ3n) is 3.37. The van der Waals surface area contributed by atoms with Crippen LogP contribution in [0.15, 0.2) is 18.2 Å². The third-order valence-corrected chi connectivity index (χ3v) is 3.37. The summed E-state index contributed by atoms with van der Waals surface area (Å²) in [6.07, 6.45) is 4.46. The van der Waals surface area contributed by atoms with E-state index < -0.39 is 6.10 Å². The van der Waals surface area contributed by atoms with Gasteiger partial charge < -0.3 is 15.2 Å². The van der Waals surface area contributed by atoms with Gasteiger partial charge in [-0.15, -0.1) is 0 Å². The van der Waals surface area contributed by atoms with Crippen molar-refractivity contribution in [3.05, 3.63) is 29.3 Å². The van der Waals surface area contributed by atoms with Gasteiger partial charge in [0.25, 0.3) is 0 Å². The summed E-state index contributed by atoms with van der Waals surface area (Å²) in [5.41, 5.74) is 2.03. The molecule has 1 rings (SSSR count). The molecule has 0 saturated heterocycles. The molecule has 0 radical (unpaired) electrons. The van der Waals surface area contributed by atoms with Gasteiger partial charge in [-0.3, -0.25) is 0 Å². The summed E-state index contributed by atoms with van der Waals surface area (Å²) >= 11 is 0. The zero-order valence-electron chi connectivity index (χ0n) is 13.1. The molecule has 0 bridgehead atoms. The Morgan fingerprint density at radius 1 is 1.20 bits per heavy atom. The van der Waals surface area contributed by atoms with E-state index in [0.29, 0.717) is 13.2 Å². The Balaban J connectivity index is 2.45. The molecule has 1 unspecified atom stereocenters. The monoisotopic (exact) mass is 279 g/mol. The molecule has 3 heteroatoms. The predicted octanol–water partition coefficient (Wildman–Crippen LogP) is 3.60. The van der Waals surface area contributed by atoms with Crippen molar-refractivity contribution in [1.29, 1.82) is 0 Å². The molecule has 1 aromatic rings. The zero-order chi connectivity index (χ0) is 14.8. The number of hydrogen-bond donors (Lipinski definition) is 2. The number of unbranched alkanes of at least 4 members (excludes halogenated alkanes) is 3. The minimum absolute atomic E-state index is 0.511. The average molecular weight is 279 g/mol. The third kappa shape index (κ3) is 5.93. The second-order valence-corrected chi connectivity index (χ2v) is 5.25. The van der Waals surface area contributed by atoms with E-state index in [1.54, 1.807) is 0 Å². The summed E-state index contributed by atoms with van der Waals surface area (Å²) in [5, 5.41) is 13.6. The van der Waals surface area contributed by atoms with Crippen LogP contribution in [0.5, 0.6) is 5.75 Å². The first-order valence-corrected chi connectivity index (χ1v) is 7.81. The molecule has 1 atom stereocenters. The Labute approximate surface area is 123 Å². The molecule has 0 aliphatic rings. The Hall–Kier alpha value is -1.06. The van der Waals surface area contributed by atoms with Crippen LogP contribution in [0.4, 0.5) is 0 Å². The topological polar surface area (TPSA) is 41.5 Å². The molecule has 20 heavy (non-hydrogen) atoms. The first-order valence-electron chi connectivity index (χ1n) is 7.81. The van der Waals surface area contributed by atoms with Gasteiger partial charge in [0, 0.05) is 12.1 Å². The summed E-state index contributed by atoms with van der Waals surface area (Å²) in [4.78, 5) is 0. The van der Waals surface area contributed by atoms with Crippen molar-refractivity contribution in [3.8, 4) is 5.75 Å². The van der Waals surface area contributed by atoms with Crippen LogP contribution in [0, 0.1) is 6.92 Å². The lowest BCUT2D eigenvalue weighted by Gasteiger charge is -2.17. The number of aliphatic hydroxyl groups excluding tert-OH is 1. The first-order chi connectivity index (χ1) is 9.69. The minimum Gasteiger partial charge on any atom is -0.493 e. The normalized spacial score (nSPS) is 12.4. The van der Waals surface area contributed by atoms with Gasteiger partial charge in [-0.1, -0.05) is 37.8 Å². The van der Waals surface area contributed by atoms with E-state index in [4.69, 9.17) is 4.74 Å². The highest BCUT2D eigenvalue weighted by Crippen LogP contribution is 2.26. The number of ether oxygens (including phenoxy) is 1. The van der Waals surface area contributed by atoms with Crippen molar-refractivity contribution in [2.24, 2.45) is 0 Å². The fraction of sp³-hybridized carbons (Fsp3) is 0.647. The molecule has 0 aliphatic heterocycles. The van der Waals surface area contributed by atoms with Crippen molar-refractivity contribution in [2.45, 2.75) is 52.6 Å². The molecular formula is C17H29NO2. The quantitative estimate of drug-likeness (QED) is 0.643. The molecular weight excluding hydrogens is 250 g/mol. The van der Waals surface area contributed by atoms with Gasteiger partial charge in [0.2, 0.25) is 0 Å². The smallest absolute Gasteiger partial charge is 0.125 e. The molecule has 1 aromatic carbocycles. The van der Waals surface area contributed by atoms with Crippen molar-refractivity contribution < 1.29 is 9.84 Å². The summed E-state index contributed by atoms with van der Waals surface area (Å²) in [6.45, 7) is 8.37. The molecule has 0 amide bonds. The maximum absolute atomic E-state index is 10.3. The van der Waals surface area contributed by atoms with Crippen LogP contribution in [0.25, 0.3) is 0 Å². The van der Waals surface area contributed by atoms with Crippen molar-refractivity contribution >= 4 is 0 Å². The Bertz CT molecular complexity index is 379. The highest BCUT2D eigenvalue weighted by molar-refractivity contribution is 5.38. The van der Waals surface area contributed by atoms with Gasteiger partial charge in [0.05, 0.1) is 12.7 Å². The standard InChI is InChI=1S/C17H29NO2/c1-4-6-7-8-11-18-13-16(19)15-12-14(3)9-10-17(15)20-5-2/h9-10,12,16,18-19H,4-8,11,13H2,1-3H3. The van der Waals surface area contributed by atoms with Crippen LogP contribution in [0.2, 0.25) is 0 Å².